The summed E-state index contributed by atoms with van der Waals surface area (Å²) < 4.78 is 1.64. The zero-order chi connectivity index (χ0) is 19.6. The Bertz CT molecular complexity index is 995. The van der Waals surface area contributed by atoms with E-state index in [1.807, 2.05) is 44.2 Å². The van der Waals surface area contributed by atoms with Gasteiger partial charge in [-0.25, -0.2) is 4.98 Å². The van der Waals surface area contributed by atoms with Gasteiger partial charge in [0.05, 0.1) is 16.6 Å². The van der Waals surface area contributed by atoms with E-state index in [1.165, 1.54) is 4.90 Å². The van der Waals surface area contributed by atoms with Gasteiger partial charge in [-0.2, -0.15) is 5.10 Å². The van der Waals surface area contributed by atoms with Crippen molar-refractivity contribution in [3.63, 3.8) is 0 Å². The van der Waals surface area contributed by atoms with Gasteiger partial charge in [0.1, 0.15) is 6.54 Å². The number of aliphatic carboxylic acids is 1. The molecule has 1 amide bonds. The number of carbonyl (C=O) groups is 2. The topological polar surface area (TPSA) is 88.3 Å². The quantitative estimate of drug-likeness (QED) is 0.723. The predicted molar refractivity (Wildman–Crippen MR) is 102 cm³/mol. The van der Waals surface area contributed by atoms with Crippen molar-refractivity contribution >= 4 is 22.9 Å². The van der Waals surface area contributed by atoms with Gasteiger partial charge >= 0.3 is 5.97 Å². The second-order valence-electron chi connectivity index (χ2n) is 6.57. The number of nitrogens with zero attached hydrogens (tertiary/aromatic N) is 4. The Labute approximate surface area is 157 Å². The minimum atomic E-state index is -1.04. The molecule has 3 rings (SSSR count). The van der Waals surface area contributed by atoms with E-state index in [0.29, 0.717) is 41.0 Å². The number of carbonyl (C=O) groups excluding carboxylic acids is 1. The first kappa shape index (κ1) is 18.6. The maximum Gasteiger partial charge on any atom is 0.323 e. The minimum Gasteiger partial charge on any atom is -0.480 e. The Hall–Kier alpha value is -3.22. The second-order valence-corrected chi connectivity index (χ2v) is 6.57. The molecule has 0 aliphatic heterocycles. The molecular formula is C20H22N4O3. The number of fused-ring (bicyclic) bond motifs is 1. The summed E-state index contributed by atoms with van der Waals surface area (Å²) in [6.45, 7) is 3.59. The molecule has 0 spiro atoms. The first-order valence-corrected chi connectivity index (χ1v) is 8.72. The highest BCUT2D eigenvalue weighted by atomic mass is 16.4. The number of amides is 1. The Morgan fingerprint density at radius 1 is 1.19 bits per heavy atom. The summed E-state index contributed by atoms with van der Waals surface area (Å²) in [5.41, 5.74) is 3.50. The number of carboxylic acid groups (broad SMARTS) is 1. The highest BCUT2D eigenvalue weighted by Gasteiger charge is 2.23. The molecule has 7 heteroatoms. The van der Waals surface area contributed by atoms with Gasteiger partial charge < -0.3 is 10.0 Å². The van der Waals surface area contributed by atoms with E-state index in [9.17, 15) is 14.7 Å². The molecule has 0 bridgehead atoms. The van der Waals surface area contributed by atoms with E-state index in [4.69, 9.17) is 0 Å². The fourth-order valence-electron chi connectivity index (χ4n) is 3.23. The van der Waals surface area contributed by atoms with Crippen LogP contribution < -0.4 is 0 Å². The predicted octanol–water partition coefficient (Wildman–Crippen LogP) is 2.35. The Morgan fingerprint density at radius 2 is 1.89 bits per heavy atom. The third-order valence-electron chi connectivity index (χ3n) is 4.45. The smallest absolute Gasteiger partial charge is 0.323 e. The van der Waals surface area contributed by atoms with Crippen LogP contribution in [0.15, 0.2) is 36.4 Å². The number of rotatable bonds is 6. The number of aryl methyl sites for hydroxylation is 3. The van der Waals surface area contributed by atoms with Gasteiger partial charge in [0, 0.05) is 19.3 Å². The summed E-state index contributed by atoms with van der Waals surface area (Å²) in [4.78, 5) is 30.4. The third-order valence-corrected chi connectivity index (χ3v) is 4.45. The van der Waals surface area contributed by atoms with Gasteiger partial charge in [-0.3, -0.25) is 14.3 Å². The molecule has 0 aliphatic carbocycles. The van der Waals surface area contributed by atoms with E-state index in [1.54, 1.807) is 17.8 Å². The first-order valence-electron chi connectivity index (χ1n) is 8.72. The van der Waals surface area contributed by atoms with Gasteiger partial charge in [0.15, 0.2) is 5.65 Å². The van der Waals surface area contributed by atoms with Crippen molar-refractivity contribution in [1.29, 1.82) is 0 Å². The lowest BCUT2D eigenvalue weighted by molar-refractivity contribution is -0.137. The molecule has 140 valence electrons. The highest BCUT2D eigenvalue weighted by molar-refractivity contribution is 6.07. The maximum atomic E-state index is 13.2. The number of benzene rings is 1. The molecule has 3 aromatic rings. The van der Waals surface area contributed by atoms with Crippen LogP contribution in [0.5, 0.6) is 0 Å². The van der Waals surface area contributed by atoms with Crippen LogP contribution in [0.4, 0.5) is 0 Å². The summed E-state index contributed by atoms with van der Waals surface area (Å²) in [5.74, 6) is -1.36. The zero-order valence-electron chi connectivity index (χ0n) is 15.6. The van der Waals surface area contributed by atoms with Crippen molar-refractivity contribution < 1.29 is 14.7 Å². The van der Waals surface area contributed by atoms with Gasteiger partial charge in [-0.15, -0.1) is 0 Å². The lowest BCUT2D eigenvalue weighted by Gasteiger charge is -2.21. The standard InChI is InChI=1S/C20H22N4O3/c1-13-11-16(18-14(2)22-23(3)19(18)21-13)20(27)24(12-17(25)26)10-9-15-7-5-4-6-8-15/h4-8,11H,9-10,12H2,1-3H3,(H,25,26). The van der Waals surface area contributed by atoms with E-state index in [2.05, 4.69) is 10.1 Å². The fraction of sp³-hybridized carbons (Fsp3) is 0.300. The lowest BCUT2D eigenvalue weighted by atomic mass is 10.1. The van der Waals surface area contributed by atoms with Crippen molar-refractivity contribution in [2.75, 3.05) is 13.1 Å². The van der Waals surface area contributed by atoms with Gasteiger partial charge in [-0.1, -0.05) is 30.3 Å². The molecule has 0 atom stereocenters. The van der Waals surface area contributed by atoms with Crippen LogP contribution in [-0.4, -0.2) is 49.7 Å². The van der Waals surface area contributed by atoms with Crippen LogP contribution in [0.3, 0.4) is 0 Å². The zero-order valence-corrected chi connectivity index (χ0v) is 15.6. The van der Waals surface area contributed by atoms with Crippen LogP contribution in [-0.2, 0) is 18.3 Å². The molecule has 2 aromatic heterocycles. The minimum absolute atomic E-state index is 0.317. The average molecular weight is 366 g/mol. The maximum absolute atomic E-state index is 13.2. The number of hydrogen-bond donors (Lipinski definition) is 1. The SMILES string of the molecule is Cc1cc(C(=O)N(CCc2ccccc2)CC(=O)O)c2c(C)nn(C)c2n1. The van der Waals surface area contributed by atoms with Crippen LogP contribution in [0.25, 0.3) is 11.0 Å². The van der Waals surface area contributed by atoms with E-state index in [-0.39, 0.29) is 12.5 Å². The number of aromatic nitrogens is 3. The van der Waals surface area contributed by atoms with Crippen molar-refractivity contribution in [2.24, 2.45) is 7.05 Å². The summed E-state index contributed by atoms with van der Waals surface area (Å²) in [5, 5.41) is 14.3. The molecule has 1 aromatic carbocycles. The number of carboxylic acids is 1. The number of pyridine rings is 1. The Balaban J connectivity index is 1.96. The van der Waals surface area contributed by atoms with Crippen molar-refractivity contribution in [3.05, 3.63) is 58.9 Å². The Morgan fingerprint density at radius 3 is 2.56 bits per heavy atom. The number of hydrogen-bond acceptors (Lipinski definition) is 4. The van der Waals surface area contributed by atoms with Crippen molar-refractivity contribution in [3.8, 4) is 0 Å². The van der Waals surface area contributed by atoms with E-state index in [0.717, 1.165) is 5.56 Å². The molecule has 0 saturated heterocycles. The molecule has 1 N–H and O–H groups in total. The molecule has 7 nitrogen and oxygen atoms in total. The molecule has 0 saturated carbocycles. The normalized spacial score (nSPS) is 10.9. The molecule has 0 fully saturated rings. The van der Waals surface area contributed by atoms with Crippen molar-refractivity contribution in [2.45, 2.75) is 20.3 Å². The average Bonchev–Trinajstić information content (AvgIpc) is 2.91. The summed E-state index contributed by atoms with van der Waals surface area (Å²) >= 11 is 0. The van der Waals surface area contributed by atoms with E-state index < -0.39 is 5.97 Å². The largest absolute Gasteiger partial charge is 0.480 e. The monoisotopic (exact) mass is 366 g/mol. The first-order chi connectivity index (χ1) is 12.9. The lowest BCUT2D eigenvalue weighted by Crippen LogP contribution is -2.37. The second kappa shape index (κ2) is 7.57. The van der Waals surface area contributed by atoms with Crippen LogP contribution in [0, 0.1) is 13.8 Å². The summed E-state index contributed by atoms with van der Waals surface area (Å²) in [6, 6.07) is 11.4. The van der Waals surface area contributed by atoms with Crippen molar-refractivity contribution in [1.82, 2.24) is 19.7 Å². The van der Waals surface area contributed by atoms with E-state index >= 15 is 0 Å². The third kappa shape index (κ3) is 3.97. The fourth-order valence-corrected chi connectivity index (χ4v) is 3.23. The van der Waals surface area contributed by atoms with Gasteiger partial charge in [-0.05, 0) is 31.9 Å². The molecule has 2 heterocycles. The molecular weight excluding hydrogens is 344 g/mol. The van der Waals surface area contributed by atoms with Crippen LogP contribution in [0.2, 0.25) is 0 Å². The van der Waals surface area contributed by atoms with Crippen LogP contribution >= 0.6 is 0 Å². The molecule has 0 unspecified atom stereocenters. The molecule has 0 radical (unpaired) electrons. The van der Waals surface area contributed by atoms with Gasteiger partial charge in [0.2, 0.25) is 0 Å². The Kier molecular flexibility index (Phi) is 5.21. The summed E-state index contributed by atoms with van der Waals surface area (Å²) in [6.07, 6.45) is 0.582. The highest BCUT2D eigenvalue weighted by Crippen LogP contribution is 2.23. The van der Waals surface area contributed by atoms with Gasteiger partial charge in [0.25, 0.3) is 5.91 Å². The molecule has 27 heavy (non-hydrogen) atoms. The molecule has 0 aliphatic rings. The van der Waals surface area contributed by atoms with Crippen LogP contribution in [0.1, 0.15) is 27.3 Å². The summed E-state index contributed by atoms with van der Waals surface area (Å²) in [7, 11) is 1.78.